The molecule has 0 spiro atoms. The maximum atomic E-state index is 12.3. The van der Waals surface area contributed by atoms with Crippen molar-refractivity contribution in [1.82, 2.24) is 9.88 Å². The minimum absolute atomic E-state index is 0.479. The van der Waals surface area contributed by atoms with E-state index in [1.54, 1.807) is 0 Å². The Bertz CT molecular complexity index is 1230. The van der Waals surface area contributed by atoms with Gasteiger partial charge in [-0.2, -0.15) is 0 Å². The number of pyridine rings is 1. The van der Waals surface area contributed by atoms with Crippen molar-refractivity contribution in [2.45, 2.75) is 45.6 Å². The summed E-state index contributed by atoms with van der Waals surface area (Å²) in [5.41, 5.74) is 6.03. The fourth-order valence-electron chi connectivity index (χ4n) is 5.59. The number of nitrogens with zero attached hydrogens (tertiary/aromatic N) is 2. The summed E-state index contributed by atoms with van der Waals surface area (Å²) in [5.74, 6) is 0.500. The second kappa shape index (κ2) is 10.8. The lowest BCUT2D eigenvalue weighted by Crippen LogP contribution is -2.34. The number of rotatable bonds is 6. The van der Waals surface area contributed by atoms with Crippen LogP contribution in [0.2, 0.25) is 0 Å². The summed E-state index contributed by atoms with van der Waals surface area (Å²) in [6.07, 6.45) is 7.65. The van der Waals surface area contributed by atoms with Crippen molar-refractivity contribution in [2.75, 3.05) is 13.1 Å². The molecule has 35 heavy (non-hydrogen) atoms. The first-order valence-corrected chi connectivity index (χ1v) is 14.1. The molecular weight excluding hydrogens is 520 g/mol. The lowest BCUT2D eigenvalue weighted by Gasteiger charge is -2.37. The number of thiophene rings is 1. The summed E-state index contributed by atoms with van der Waals surface area (Å²) < 4.78 is 0.863. The maximum Gasteiger partial charge on any atom is 0.346 e. The molecule has 1 fully saturated rings. The Balaban J connectivity index is 1.52. The first kappa shape index (κ1) is 24.4. The number of hydrogen-bond donors (Lipinski definition) is 1. The molecule has 4 nitrogen and oxygen atoms in total. The number of carboxylic acid groups (broad SMARTS) is 1. The number of halogens is 1. The van der Waals surface area contributed by atoms with E-state index in [0.29, 0.717) is 10.8 Å². The molecule has 3 aromatic rings. The maximum absolute atomic E-state index is 12.3. The second-order valence-corrected chi connectivity index (χ2v) is 11.8. The first-order valence-electron chi connectivity index (χ1n) is 12.5. The Morgan fingerprint density at radius 2 is 1.91 bits per heavy atom. The molecule has 1 aromatic carbocycles. The van der Waals surface area contributed by atoms with Crippen LogP contribution >= 0.6 is 27.3 Å². The van der Waals surface area contributed by atoms with Gasteiger partial charge in [-0.25, -0.2) is 9.78 Å². The van der Waals surface area contributed by atoms with Gasteiger partial charge >= 0.3 is 5.97 Å². The minimum atomic E-state index is -0.819. The predicted octanol–water partition coefficient (Wildman–Crippen LogP) is 7.76. The van der Waals surface area contributed by atoms with Crippen LogP contribution < -0.4 is 0 Å². The summed E-state index contributed by atoms with van der Waals surface area (Å²) in [4.78, 5) is 20.6. The Hall–Kier alpha value is -2.28. The van der Waals surface area contributed by atoms with Gasteiger partial charge in [-0.1, -0.05) is 50.1 Å². The van der Waals surface area contributed by atoms with Crippen molar-refractivity contribution < 1.29 is 9.90 Å². The molecule has 1 N–H and O–H groups in total. The fourth-order valence-corrected chi connectivity index (χ4v) is 7.03. The Morgan fingerprint density at radius 3 is 2.63 bits per heavy atom. The van der Waals surface area contributed by atoms with E-state index in [2.05, 4.69) is 63.1 Å². The molecule has 182 valence electrons. The molecule has 2 aromatic heterocycles. The lowest BCUT2D eigenvalue weighted by atomic mass is 9.75. The van der Waals surface area contributed by atoms with Crippen molar-refractivity contribution in [1.29, 1.82) is 0 Å². The molecule has 0 saturated heterocycles. The summed E-state index contributed by atoms with van der Waals surface area (Å²) >= 11 is 4.91. The van der Waals surface area contributed by atoms with Gasteiger partial charge in [0, 0.05) is 36.3 Å². The van der Waals surface area contributed by atoms with Crippen LogP contribution in [0.1, 0.15) is 59.8 Å². The van der Waals surface area contributed by atoms with Gasteiger partial charge in [-0.05, 0) is 87.5 Å². The SMILES string of the molecule is CC1CCC(C2=C(c3cc(-c4ccccc4)sc3C(=O)O)CCN(Cc3ccnc(Br)c3)C2)CC1. The van der Waals surface area contributed by atoms with Gasteiger partial charge in [-0.15, -0.1) is 11.3 Å². The van der Waals surface area contributed by atoms with E-state index in [0.717, 1.165) is 52.6 Å². The molecule has 0 atom stereocenters. The third-order valence-electron chi connectivity index (χ3n) is 7.48. The zero-order chi connectivity index (χ0) is 24.4. The van der Waals surface area contributed by atoms with Gasteiger partial charge in [0.15, 0.2) is 0 Å². The van der Waals surface area contributed by atoms with E-state index in [-0.39, 0.29) is 0 Å². The van der Waals surface area contributed by atoms with Crippen LogP contribution in [0.15, 0.2) is 64.9 Å². The number of hydrogen-bond acceptors (Lipinski definition) is 4. The summed E-state index contributed by atoms with van der Waals surface area (Å²) in [7, 11) is 0. The van der Waals surface area contributed by atoms with Gasteiger partial charge in [-0.3, -0.25) is 4.90 Å². The van der Waals surface area contributed by atoms with Crippen LogP contribution in [-0.4, -0.2) is 34.0 Å². The molecule has 0 unspecified atom stereocenters. The summed E-state index contributed by atoms with van der Waals surface area (Å²) in [6.45, 7) is 5.07. The molecular formula is C29H31BrN2O2S. The number of carbonyl (C=O) groups is 1. The van der Waals surface area contributed by atoms with Crippen molar-refractivity contribution in [3.05, 3.63) is 80.9 Å². The van der Waals surface area contributed by atoms with Crippen LogP contribution in [-0.2, 0) is 6.54 Å². The van der Waals surface area contributed by atoms with Crippen LogP contribution in [0.3, 0.4) is 0 Å². The highest BCUT2D eigenvalue weighted by molar-refractivity contribution is 9.10. The van der Waals surface area contributed by atoms with Gasteiger partial charge in [0.25, 0.3) is 0 Å². The highest BCUT2D eigenvalue weighted by Crippen LogP contribution is 2.43. The average Bonchev–Trinajstić information content (AvgIpc) is 3.31. The van der Waals surface area contributed by atoms with Crippen LogP contribution in [0.5, 0.6) is 0 Å². The molecule has 1 saturated carbocycles. The second-order valence-electron chi connectivity index (χ2n) is 9.93. The first-order chi connectivity index (χ1) is 17.0. The minimum Gasteiger partial charge on any atom is -0.477 e. The third-order valence-corrected chi connectivity index (χ3v) is 9.08. The molecule has 1 aliphatic carbocycles. The summed E-state index contributed by atoms with van der Waals surface area (Å²) in [5, 5.41) is 10.1. The van der Waals surface area contributed by atoms with Crippen molar-refractivity contribution in [3.8, 4) is 10.4 Å². The number of aromatic nitrogens is 1. The molecule has 5 rings (SSSR count). The average molecular weight is 552 g/mol. The Morgan fingerprint density at radius 1 is 1.14 bits per heavy atom. The molecule has 3 heterocycles. The van der Waals surface area contributed by atoms with E-state index in [4.69, 9.17) is 0 Å². The van der Waals surface area contributed by atoms with E-state index >= 15 is 0 Å². The van der Waals surface area contributed by atoms with Crippen LogP contribution in [0.25, 0.3) is 16.0 Å². The quantitative estimate of drug-likeness (QED) is 0.318. The van der Waals surface area contributed by atoms with Crippen molar-refractivity contribution in [2.24, 2.45) is 11.8 Å². The Kier molecular flexibility index (Phi) is 7.51. The zero-order valence-corrected chi connectivity index (χ0v) is 22.4. The Labute approximate surface area is 219 Å². The van der Waals surface area contributed by atoms with Crippen LogP contribution in [0.4, 0.5) is 0 Å². The molecule has 1 aliphatic heterocycles. The topological polar surface area (TPSA) is 53.4 Å². The predicted molar refractivity (Wildman–Crippen MR) is 147 cm³/mol. The molecule has 0 radical (unpaired) electrons. The van der Waals surface area contributed by atoms with E-state index < -0.39 is 5.97 Å². The van der Waals surface area contributed by atoms with Gasteiger partial charge < -0.3 is 5.11 Å². The van der Waals surface area contributed by atoms with E-state index in [9.17, 15) is 9.90 Å². The van der Waals surface area contributed by atoms with E-state index in [1.807, 2.05) is 24.4 Å². The largest absolute Gasteiger partial charge is 0.477 e. The number of benzene rings is 1. The highest BCUT2D eigenvalue weighted by atomic mass is 79.9. The third kappa shape index (κ3) is 5.60. The smallest absolute Gasteiger partial charge is 0.346 e. The van der Waals surface area contributed by atoms with Gasteiger partial charge in [0.05, 0.1) is 0 Å². The lowest BCUT2D eigenvalue weighted by molar-refractivity contribution is 0.0702. The van der Waals surface area contributed by atoms with Gasteiger partial charge in [0.1, 0.15) is 9.48 Å². The molecule has 0 amide bonds. The normalized spacial score (nSPS) is 21.3. The number of aromatic carboxylic acids is 1. The van der Waals surface area contributed by atoms with Crippen molar-refractivity contribution >= 4 is 38.8 Å². The summed E-state index contributed by atoms with van der Waals surface area (Å²) in [6, 6.07) is 16.5. The molecule has 6 heteroatoms. The zero-order valence-electron chi connectivity index (χ0n) is 20.0. The highest BCUT2D eigenvalue weighted by Gasteiger charge is 2.31. The standard InChI is InChI=1S/C29H31BrN2O2S/c1-19-7-9-21(10-8-19)25-18-32(17-20-11-13-31-27(30)15-20)14-12-23(25)24-16-26(35-28(24)29(33)34)22-5-3-2-4-6-22/h2-6,11,13,15-16,19,21H,7-10,12,14,17-18H2,1H3,(H,33,34). The number of carboxylic acids is 1. The van der Waals surface area contributed by atoms with Crippen LogP contribution in [0, 0.1) is 11.8 Å². The molecule has 2 aliphatic rings. The fraction of sp³-hybridized carbons (Fsp3) is 0.379. The van der Waals surface area contributed by atoms with Crippen molar-refractivity contribution in [3.63, 3.8) is 0 Å². The van der Waals surface area contributed by atoms with E-state index in [1.165, 1.54) is 53.7 Å². The molecule has 0 bridgehead atoms. The van der Waals surface area contributed by atoms with Gasteiger partial charge in [0.2, 0.25) is 0 Å². The monoisotopic (exact) mass is 550 g/mol.